The molecule has 0 N–H and O–H groups in total. The molecule has 0 aromatic carbocycles. The zero-order valence-electron chi connectivity index (χ0n) is 12.1. The van der Waals surface area contributed by atoms with Gasteiger partial charge in [-0.15, -0.1) is 0 Å². The summed E-state index contributed by atoms with van der Waals surface area (Å²) in [6, 6.07) is 0. The van der Waals surface area contributed by atoms with E-state index in [4.69, 9.17) is 0 Å². The quantitative estimate of drug-likeness (QED) is 0.472. The molecule has 152 valence electrons. The lowest BCUT2D eigenvalue weighted by atomic mass is 10.3. The van der Waals surface area contributed by atoms with Crippen LogP contribution in [0.1, 0.15) is 13.8 Å². The van der Waals surface area contributed by atoms with Crippen LogP contribution in [-0.4, -0.2) is 49.5 Å². The minimum absolute atomic E-state index is 0.119. The van der Waals surface area contributed by atoms with E-state index in [1.54, 1.807) is 0 Å². The van der Waals surface area contributed by atoms with Crippen LogP contribution in [0, 0.1) is 0 Å². The van der Waals surface area contributed by atoms with Gasteiger partial charge in [0, 0.05) is 0 Å². The van der Waals surface area contributed by atoms with E-state index in [-0.39, 0.29) is 13.8 Å². The van der Waals surface area contributed by atoms with E-state index in [1.807, 2.05) is 0 Å². The molecule has 0 saturated heterocycles. The minimum atomic E-state index is -6.20. The summed E-state index contributed by atoms with van der Waals surface area (Å²) < 4.78 is 158. The maximum absolute atomic E-state index is 12.3. The normalized spacial score (nSPS) is 18.4. The molecule has 0 heterocycles. The number of halogens is 12. The molecule has 0 aliphatic heterocycles. The molecule has 0 radical (unpaired) electrons. The largest absolute Gasteiger partial charge is 0.423 e. The molecule has 3 nitrogen and oxygen atoms in total. The number of alkyl halides is 12. The molecule has 25 heavy (non-hydrogen) atoms. The zero-order valence-corrected chi connectivity index (χ0v) is 12.1. The van der Waals surface area contributed by atoms with E-state index >= 15 is 0 Å². The van der Waals surface area contributed by atoms with E-state index in [2.05, 4.69) is 14.2 Å². The van der Waals surface area contributed by atoms with Crippen LogP contribution in [0.4, 0.5) is 52.7 Å². The standard InChI is InChI=1S/C10H10F12O3/c1-3(7(11,12)13)23-6(24-4(2)8(14,15)16)25-5(9(17,18)19)10(20,21)22/h3-6H,1-2H3. The van der Waals surface area contributed by atoms with Gasteiger partial charge in [0.15, 0.2) is 12.2 Å². The van der Waals surface area contributed by atoms with Gasteiger partial charge in [-0.3, -0.25) is 0 Å². The highest BCUT2D eigenvalue weighted by Gasteiger charge is 2.60. The Bertz CT molecular complexity index is 373. The van der Waals surface area contributed by atoms with Crippen LogP contribution in [0.15, 0.2) is 0 Å². The fraction of sp³-hybridized carbons (Fsp3) is 1.00. The first-order chi connectivity index (χ1) is 10.8. The van der Waals surface area contributed by atoms with Gasteiger partial charge < -0.3 is 14.2 Å². The summed E-state index contributed by atoms with van der Waals surface area (Å²) in [6.07, 6.45) is -33.9. The Morgan fingerprint density at radius 2 is 0.760 bits per heavy atom. The summed E-state index contributed by atoms with van der Waals surface area (Å²) in [6.45, 7) is -3.32. The Balaban J connectivity index is 5.49. The lowest BCUT2D eigenvalue weighted by Crippen LogP contribution is -2.49. The van der Waals surface area contributed by atoms with E-state index in [0.29, 0.717) is 0 Å². The third kappa shape index (κ3) is 8.31. The van der Waals surface area contributed by atoms with Crippen molar-refractivity contribution < 1.29 is 66.9 Å². The molecular formula is C10H10F12O3. The molecule has 2 unspecified atom stereocenters. The maximum atomic E-state index is 12.3. The Hall–Kier alpha value is -0.960. The Kier molecular flexibility index (Phi) is 7.44. The molecule has 0 spiro atoms. The molecule has 0 amide bonds. The summed E-state index contributed by atoms with van der Waals surface area (Å²) >= 11 is 0. The van der Waals surface area contributed by atoms with Crippen LogP contribution in [0.2, 0.25) is 0 Å². The third-order valence-corrected chi connectivity index (χ3v) is 2.39. The van der Waals surface area contributed by atoms with Crippen LogP contribution < -0.4 is 0 Å². The molecule has 0 saturated carbocycles. The van der Waals surface area contributed by atoms with E-state index in [1.165, 1.54) is 0 Å². The molecule has 0 fully saturated rings. The molecule has 0 aromatic heterocycles. The van der Waals surface area contributed by atoms with Gasteiger partial charge in [-0.2, -0.15) is 52.7 Å². The molecule has 0 bridgehead atoms. The Morgan fingerprint density at radius 3 is 0.960 bits per heavy atom. The van der Waals surface area contributed by atoms with Gasteiger partial charge in [0.05, 0.1) is 0 Å². The highest BCUT2D eigenvalue weighted by atomic mass is 19.4. The van der Waals surface area contributed by atoms with Crippen LogP contribution >= 0.6 is 0 Å². The van der Waals surface area contributed by atoms with Crippen molar-refractivity contribution >= 4 is 0 Å². The van der Waals surface area contributed by atoms with E-state index in [9.17, 15) is 52.7 Å². The van der Waals surface area contributed by atoms with Crippen molar-refractivity contribution in [2.75, 3.05) is 0 Å². The highest BCUT2D eigenvalue weighted by molar-refractivity contribution is 4.76. The summed E-state index contributed by atoms with van der Waals surface area (Å²) in [7, 11) is 0. The van der Waals surface area contributed by atoms with E-state index in [0.717, 1.165) is 0 Å². The van der Waals surface area contributed by atoms with Gasteiger partial charge >= 0.3 is 24.7 Å². The Labute approximate surface area is 131 Å². The minimum Gasteiger partial charge on any atom is -0.317 e. The van der Waals surface area contributed by atoms with Gasteiger partial charge in [0.1, 0.15) is 0 Å². The second-order valence-electron chi connectivity index (χ2n) is 4.53. The van der Waals surface area contributed by atoms with Gasteiger partial charge in [-0.25, -0.2) is 0 Å². The monoisotopic (exact) mass is 406 g/mol. The lowest BCUT2D eigenvalue weighted by molar-refractivity contribution is -0.427. The first-order valence-corrected chi connectivity index (χ1v) is 5.99. The van der Waals surface area contributed by atoms with Crippen LogP contribution in [0.5, 0.6) is 0 Å². The molecule has 0 aromatic rings. The molecule has 0 rings (SSSR count). The van der Waals surface area contributed by atoms with Crippen LogP contribution in [-0.2, 0) is 14.2 Å². The third-order valence-electron chi connectivity index (χ3n) is 2.39. The van der Waals surface area contributed by atoms with Gasteiger partial charge in [-0.1, -0.05) is 0 Å². The zero-order chi connectivity index (χ0) is 20.4. The first kappa shape index (κ1) is 24.0. The summed E-state index contributed by atoms with van der Waals surface area (Å²) in [5.74, 6) is 0. The number of rotatable bonds is 6. The van der Waals surface area contributed by atoms with Crippen LogP contribution in [0.3, 0.4) is 0 Å². The average molecular weight is 406 g/mol. The topological polar surface area (TPSA) is 27.7 Å². The van der Waals surface area contributed by atoms with Crippen molar-refractivity contribution in [1.29, 1.82) is 0 Å². The number of hydrogen-bond acceptors (Lipinski definition) is 3. The molecular weight excluding hydrogens is 396 g/mol. The fourth-order valence-electron chi connectivity index (χ4n) is 1.03. The molecule has 2 atom stereocenters. The van der Waals surface area contributed by atoms with E-state index < -0.39 is 49.5 Å². The predicted octanol–water partition coefficient (Wildman–Crippen LogP) is 4.71. The number of ether oxygens (including phenoxy) is 3. The van der Waals surface area contributed by atoms with Crippen molar-refractivity contribution in [2.24, 2.45) is 0 Å². The van der Waals surface area contributed by atoms with Crippen molar-refractivity contribution in [3.05, 3.63) is 0 Å². The maximum Gasteiger partial charge on any atom is 0.423 e. The highest BCUT2D eigenvalue weighted by Crippen LogP contribution is 2.38. The Morgan fingerprint density at radius 1 is 0.480 bits per heavy atom. The number of hydrogen-bond donors (Lipinski definition) is 0. The predicted molar refractivity (Wildman–Crippen MR) is 54.0 cm³/mol. The van der Waals surface area contributed by atoms with Gasteiger partial charge in [0.25, 0.3) is 12.6 Å². The van der Waals surface area contributed by atoms with Crippen molar-refractivity contribution in [3.8, 4) is 0 Å². The van der Waals surface area contributed by atoms with Crippen molar-refractivity contribution in [2.45, 2.75) is 63.3 Å². The smallest absolute Gasteiger partial charge is 0.317 e. The van der Waals surface area contributed by atoms with Crippen molar-refractivity contribution in [1.82, 2.24) is 0 Å². The summed E-state index contributed by atoms with van der Waals surface area (Å²) in [5.41, 5.74) is 0. The molecule has 15 heteroatoms. The summed E-state index contributed by atoms with van der Waals surface area (Å²) in [4.78, 5) is 0. The second kappa shape index (κ2) is 7.73. The average Bonchev–Trinajstić information content (AvgIpc) is 2.29. The van der Waals surface area contributed by atoms with Crippen LogP contribution in [0.25, 0.3) is 0 Å². The SMILES string of the molecule is CC(OC(OC(C)C(F)(F)F)OC(C(F)(F)F)C(F)(F)F)C(F)(F)F. The second-order valence-corrected chi connectivity index (χ2v) is 4.53. The fourth-order valence-corrected chi connectivity index (χ4v) is 1.03. The summed E-state index contributed by atoms with van der Waals surface area (Å²) in [5, 5.41) is 0. The lowest BCUT2D eigenvalue weighted by Gasteiger charge is -2.31. The van der Waals surface area contributed by atoms with Gasteiger partial charge in [0.2, 0.25) is 0 Å². The van der Waals surface area contributed by atoms with Gasteiger partial charge in [-0.05, 0) is 13.8 Å². The van der Waals surface area contributed by atoms with Crippen molar-refractivity contribution in [3.63, 3.8) is 0 Å². The molecule has 0 aliphatic carbocycles. The first-order valence-electron chi connectivity index (χ1n) is 5.99. The molecule has 0 aliphatic rings.